The molecule has 5 rings (SSSR count). The van der Waals surface area contributed by atoms with Crippen LogP contribution in [0.2, 0.25) is 0 Å². The molecule has 35 heavy (non-hydrogen) atoms. The van der Waals surface area contributed by atoms with Gasteiger partial charge in [0.25, 0.3) is 17.7 Å². The van der Waals surface area contributed by atoms with Crippen molar-refractivity contribution in [1.29, 1.82) is 0 Å². The normalized spacial score (nSPS) is 14.6. The number of amides is 4. The Morgan fingerprint density at radius 3 is 2.51 bits per heavy atom. The van der Waals surface area contributed by atoms with E-state index in [-0.39, 0.29) is 43.2 Å². The van der Waals surface area contributed by atoms with Crippen LogP contribution < -0.4 is 15.0 Å². The van der Waals surface area contributed by atoms with Crippen LogP contribution in [0.1, 0.15) is 40.5 Å². The van der Waals surface area contributed by atoms with Crippen LogP contribution in [0, 0.1) is 0 Å². The topological polar surface area (TPSA) is 109 Å². The summed E-state index contributed by atoms with van der Waals surface area (Å²) in [5.74, 6) is -0.552. The molecular weight excluding hydrogens is 468 g/mol. The molecule has 0 saturated heterocycles. The number of hydrogen-bond donors (Lipinski definition) is 1. The van der Waals surface area contributed by atoms with Gasteiger partial charge in [0.1, 0.15) is 5.75 Å². The minimum atomic E-state index is -0.387. The van der Waals surface area contributed by atoms with E-state index in [1.807, 2.05) is 30.5 Å². The lowest BCUT2D eigenvalue weighted by Gasteiger charge is -2.29. The second-order valence-electron chi connectivity index (χ2n) is 8.16. The van der Waals surface area contributed by atoms with Gasteiger partial charge in [-0.15, -0.1) is 11.3 Å². The van der Waals surface area contributed by atoms with Gasteiger partial charge in [-0.05, 0) is 36.8 Å². The van der Waals surface area contributed by atoms with E-state index in [1.54, 1.807) is 29.2 Å². The summed E-state index contributed by atoms with van der Waals surface area (Å²) in [6, 6.07) is 12.2. The molecule has 0 bridgehead atoms. The molecule has 0 saturated carbocycles. The highest BCUT2D eigenvalue weighted by Gasteiger charge is 2.35. The first kappa shape index (κ1) is 22.7. The average molecular weight is 491 g/mol. The second-order valence-corrected chi connectivity index (χ2v) is 9.02. The number of anilines is 2. The van der Waals surface area contributed by atoms with Crippen molar-refractivity contribution in [3.8, 4) is 17.0 Å². The average Bonchev–Trinajstić information content (AvgIpc) is 3.42. The summed E-state index contributed by atoms with van der Waals surface area (Å²) in [6.45, 7) is 2.63. The van der Waals surface area contributed by atoms with Crippen molar-refractivity contribution >= 4 is 45.8 Å². The number of nitrogens with one attached hydrogen (secondary N) is 1. The summed E-state index contributed by atoms with van der Waals surface area (Å²) in [4.78, 5) is 57.0. The van der Waals surface area contributed by atoms with Gasteiger partial charge in [0, 0.05) is 30.5 Å². The summed E-state index contributed by atoms with van der Waals surface area (Å²) in [5.41, 5.74) is 2.88. The van der Waals surface area contributed by atoms with Crippen LogP contribution >= 0.6 is 11.3 Å². The number of carbonyl (C=O) groups excluding carboxylic acids is 4. The van der Waals surface area contributed by atoms with Crippen LogP contribution in [-0.4, -0.2) is 53.2 Å². The molecule has 0 atom stereocenters. The number of benzene rings is 2. The molecule has 2 aliphatic heterocycles. The standard InChI is InChI=1S/C25H22N4O5S/c1-2-10-28-19-12-15(7-8-20(19)34-13-22(28)31)18-14-35-25(26-18)27-21(30)9-11-29-23(32)16-5-3-4-6-17(16)24(29)33/h3-8,12,14H,2,9-11,13H2,1H3,(H,26,27,30). The number of fused-ring (bicyclic) bond motifs is 2. The van der Waals surface area contributed by atoms with Crippen molar-refractivity contribution in [1.82, 2.24) is 9.88 Å². The monoisotopic (exact) mass is 490 g/mol. The van der Waals surface area contributed by atoms with Crippen molar-refractivity contribution in [2.75, 3.05) is 29.9 Å². The molecule has 0 aliphatic carbocycles. The number of ether oxygens (including phenoxy) is 1. The highest BCUT2D eigenvalue weighted by atomic mass is 32.1. The molecule has 1 aromatic heterocycles. The highest BCUT2D eigenvalue weighted by Crippen LogP contribution is 2.37. The fourth-order valence-corrected chi connectivity index (χ4v) is 4.87. The number of imide groups is 1. The largest absolute Gasteiger partial charge is 0.482 e. The fourth-order valence-electron chi connectivity index (χ4n) is 4.13. The molecule has 3 heterocycles. The second kappa shape index (κ2) is 9.30. The third-order valence-corrected chi connectivity index (χ3v) is 6.59. The molecule has 3 aromatic rings. The summed E-state index contributed by atoms with van der Waals surface area (Å²) in [7, 11) is 0. The molecule has 0 fully saturated rings. The molecule has 0 unspecified atom stereocenters. The fraction of sp³-hybridized carbons (Fsp3) is 0.240. The Bertz CT molecular complexity index is 1320. The first-order valence-corrected chi connectivity index (χ1v) is 12.1. The van der Waals surface area contributed by atoms with Gasteiger partial charge < -0.3 is 15.0 Å². The molecule has 2 aromatic carbocycles. The Morgan fingerprint density at radius 2 is 1.80 bits per heavy atom. The van der Waals surface area contributed by atoms with Crippen LogP contribution in [0.25, 0.3) is 11.3 Å². The van der Waals surface area contributed by atoms with E-state index in [0.29, 0.717) is 39.9 Å². The van der Waals surface area contributed by atoms with Crippen LogP contribution in [0.15, 0.2) is 47.8 Å². The van der Waals surface area contributed by atoms with Crippen LogP contribution in [0.5, 0.6) is 5.75 Å². The molecule has 10 heteroatoms. The molecule has 0 radical (unpaired) electrons. The van der Waals surface area contributed by atoms with E-state index in [1.165, 1.54) is 11.3 Å². The van der Waals surface area contributed by atoms with Crippen molar-refractivity contribution in [3.63, 3.8) is 0 Å². The maximum Gasteiger partial charge on any atom is 0.265 e. The molecule has 0 spiro atoms. The van der Waals surface area contributed by atoms with Crippen LogP contribution in [0.3, 0.4) is 0 Å². The van der Waals surface area contributed by atoms with Gasteiger partial charge in [0.05, 0.1) is 22.5 Å². The SMILES string of the molecule is CCCN1C(=O)COc2ccc(-c3csc(NC(=O)CCN4C(=O)c5ccccc5C4=O)n3)cc21. The smallest absolute Gasteiger partial charge is 0.265 e. The van der Waals surface area contributed by atoms with Crippen LogP contribution in [-0.2, 0) is 9.59 Å². The van der Waals surface area contributed by atoms with Crippen molar-refractivity contribution < 1.29 is 23.9 Å². The van der Waals surface area contributed by atoms with Gasteiger partial charge in [-0.25, -0.2) is 4.98 Å². The van der Waals surface area contributed by atoms with E-state index in [0.717, 1.165) is 16.9 Å². The van der Waals surface area contributed by atoms with Gasteiger partial charge in [-0.3, -0.25) is 24.1 Å². The Hall–Kier alpha value is -4.05. The predicted molar refractivity (Wildman–Crippen MR) is 131 cm³/mol. The lowest BCUT2D eigenvalue weighted by Crippen LogP contribution is -2.39. The molecule has 1 N–H and O–H groups in total. The van der Waals surface area contributed by atoms with E-state index in [9.17, 15) is 19.2 Å². The van der Waals surface area contributed by atoms with Gasteiger partial charge in [-0.2, -0.15) is 0 Å². The quantitative estimate of drug-likeness (QED) is 0.507. The minimum Gasteiger partial charge on any atom is -0.482 e. The van der Waals surface area contributed by atoms with Crippen LogP contribution in [0.4, 0.5) is 10.8 Å². The Labute approximate surface area is 205 Å². The minimum absolute atomic E-state index is 0.0114. The number of rotatable bonds is 7. The van der Waals surface area contributed by atoms with Crippen molar-refractivity contribution in [3.05, 3.63) is 59.0 Å². The number of aromatic nitrogens is 1. The Morgan fingerprint density at radius 1 is 1.06 bits per heavy atom. The zero-order valence-electron chi connectivity index (χ0n) is 18.9. The van der Waals surface area contributed by atoms with Gasteiger partial charge in [0.2, 0.25) is 5.91 Å². The molecule has 4 amide bonds. The molecule has 2 aliphatic rings. The number of thiazole rings is 1. The highest BCUT2D eigenvalue weighted by molar-refractivity contribution is 7.14. The lowest BCUT2D eigenvalue weighted by atomic mass is 10.1. The summed E-state index contributed by atoms with van der Waals surface area (Å²) >= 11 is 1.27. The Kier molecular flexibility index (Phi) is 6.04. The summed E-state index contributed by atoms with van der Waals surface area (Å²) in [6.07, 6.45) is 0.785. The maximum atomic E-state index is 12.5. The number of nitrogens with zero attached hydrogens (tertiary/aromatic N) is 3. The van der Waals surface area contributed by atoms with Gasteiger partial charge in [-0.1, -0.05) is 19.1 Å². The van der Waals surface area contributed by atoms with Gasteiger partial charge >= 0.3 is 0 Å². The van der Waals surface area contributed by atoms with Gasteiger partial charge in [0.15, 0.2) is 11.7 Å². The van der Waals surface area contributed by atoms with E-state index in [2.05, 4.69) is 10.3 Å². The lowest BCUT2D eigenvalue weighted by molar-refractivity contribution is -0.121. The third-order valence-electron chi connectivity index (χ3n) is 5.84. The number of hydrogen-bond acceptors (Lipinski definition) is 7. The molecule has 9 nitrogen and oxygen atoms in total. The molecular formula is C25H22N4O5S. The summed E-state index contributed by atoms with van der Waals surface area (Å²) < 4.78 is 5.55. The van der Waals surface area contributed by atoms with E-state index < -0.39 is 0 Å². The first-order valence-electron chi connectivity index (χ1n) is 11.2. The molecule has 178 valence electrons. The van der Waals surface area contributed by atoms with Crippen molar-refractivity contribution in [2.24, 2.45) is 0 Å². The maximum absolute atomic E-state index is 12.5. The van der Waals surface area contributed by atoms with E-state index >= 15 is 0 Å². The Balaban J connectivity index is 1.24. The predicted octanol–water partition coefficient (Wildman–Crippen LogP) is 3.57. The zero-order valence-corrected chi connectivity index (χ0v) is 19.8. The first-order chi connectivity index (χ1) is 17.0. The zero-order chi connectivity index (χ0) is 24.5. The summed E-state index contributed by atoms with van der Waals surface area (Å²) in [5, 5.41) is 4.96. The van der Waals surface area contributed by atoms with Crippen molar-refractivity contribution in [2.45, 2.75) is 19.8 Å². The van der Waals surface area contributed by atoms with E-state index in [4.69, 9.17) is 4.74 Å². The third kappa shape index (κ3) is 4.28. The number of carbonyl (C=O) groups is 4.